The summed E-state index contributed by atoms with van der Waals surface area (Å²) in [7, 11) is 1.87. The van der Waals surface area contributed by atoms with Crippen molar-refractivity contribution in [3.63, 3.8) is 0 Å². The molecule has 0 radical (unpaired) electrons. The molecule has 0 N–H and O–H groups in total. The number of ether oxygens (including phenoxy) is 3. The summed E-state index contributed by atoms with van der Waals surface area (Å²) in [5.74, 6) is 2.16. The summed E-state index contributed by atoms with van der Waals surface area (Å²) in [5.41, 5.74) is 0.790. The Morgan fingerprint density at radius 1 is 1.00 bits per heavy atom. The largest absolute Gasteiger partial charge is 0.493 e. The molecular formula is C29H41N2O3+. The number of nitrogens with zero attached hydrogens (tertiary/aromatic N) is 2. The van der Waals surface area contributed by atoms with Crippen molar-refractivity contribution in [3.05, 3.63) is 60.4 Å². The second-order valence-electron chi connectivity index (χ2n) is 10.7. The first-order valence-corrected chi connectivity index (χ1v) is 13.3. The first-order valence-electron chi connectivity index (χ1n) is 13.3. The fraction of sp³-hybridized carbons (Fsp3) is 0.621. The molecule has 3 saturated heterocycles. The third-order valence-corrected chi connectivity index (χ3v) is 8.87. The van der Waals surface area contributed by atoms with Crippen molar-refractivity contribution in [2.75, 3.05) is 46.5 Å². The molecule has 4 fully saturated rings. The summed E-state index contributed by atoms with van der Waals surface area (Å²) in [4.78, 5) is 4.43. The molecule has 0 amide bonds. The molecule has 34 heavy (non-hydrogen) atoms. The summed E-state index contributed by atoms with van der Waals surface area (Å²) in [6.45, 7) is 6.31. The maximum atomic E-state index is 6.84. The van der Waals surface area contributed by atoms with Crippen molar-refractivity contribution in [2.45, 2.75) is 56.7 Å². The molecule has 3 aliphatic heterocycles. The number of hydrogen-bond acceptors (Lipinski definition) is 4. The van der Waals surface area contributed by atoms with Crippen molar-refractivity contribution >= 4 is 0 Å². The van der Waals surface area contributed by atoms with Crippen molar-refractivity contribution in [1.82, 2.24) is 4.98 Å². The van der Waals surface area contributed by atoms with Gasteiger partial charge in [-0.3, -0.25) is 4.98 Å². The Labute approximate surface area is 205 Å². The van der Waals surface area contributed by atoms with Crippen LogP contribution in [0.2, 0.25) is 0 Å². The molecule has 1 aliphatic carbocycles. The fourth-order valence-electron chi connectivity index (χ4n) is 6.85. The molecule has 5 heteroatoms. The van der Waals surface area contributed by atoms with Crippen LogP contribution in [0.5, 0.6) is 5.75 Å². The van der Waals surface area contributed by atoms with Gasteiger partial charge in [-0.25, -0.2) is 0 Å². The quantitative estimate of drug-likeness (QED) is 0.337. The van der Waals surface area contributed by atoms with E-state index in [1.54, 1.807) is 0 Å². The van der Waals surface area contributed by atoms with E-state index in [1.807, 2.05) is 55.9 Å². The lowest BCUT2D eigenvalue weighted by Crippen LogP contribution is -2.65. The monoisotopic (exact) mass is 465 g/mol. The Bertz CT molecular complexity index is 879. The summed E-state index contributed by atoms with van der Waals surface area (Å²) in [6.07, 6.45) is 12.8. The number of aromatic nitrogens is 1. The van der Waals surface area contributed by atoms with E-state index in [0.717, 1.165) is 25.3 Å². The summed E-state index contributed by atoms with van der Waals surface area (Å²) in [6, 6.07) is 14.4. The average molecular weight is 466 g/mol. The molecule has 2 unspecified atom stereocenters. The lowest BCUT2D eigenvalue weighted by Gasteiger charge is -2.53. The number of pyridine rings is 1. The van der Waals surface area contributed by atoms with Crippen LogP contribution in [-0.4, -0.2) is 62.1 Å². The molecular weight excluding hydrogens is 424 g/mol. The minimum absolute atomic E-state index is 0.324. The fourth-order valence-corrected chi connectivity index (χ4v) is 6.85. The van der Waals surface area contributed by atoms with E-state index < -0.39 is 0 Å². The Morgan fingerprint density at radius 2 is 1.79 bits per heavy atom. The van der Waals surface area contributed by atoms with Gasteiger partial charge < -0.3 is 18.7 Å². The zero-order chi connectivity index (χ0) is 23.3. The summed E-state index contributed by atoms with van der Waals surface area (Å²) in [5, 5.41) is 0. The predicted molar refractivity (Wildman–Crippen MR) is 134 cm³/mol. The van der Waals surface area contributed by atoms with Crippen LogP contribution < -0.4 is 4.74 Å². The van der Waals surface area contributed by atoms with Crippen LogP contribution in [0.25, 0.3) is 0 Å². The number of benzene rings is 1. The van der Waals surface area contributed by atoms with Crippen molar-refractivity contribution in [2.24, 2.45) is 11.8 Å². The smallest absolute Gasteiger partial charge is 0.120 e. The Hall–Kier alpha value is -1.95. The number of rotatable bonds is 11. The first kappa shape index (κ1) is 23.8. The number of fused-ring (bicyclic) bond motifs is 3. The van der Waals surface area contributed by atoms with Crippen molar-refractivity contribution < 1.29 is 18.7 Å². The van der Waals surface area contributed by atoms with Crippen LogP contribution in [0, 0.1) is 11.8 Å². The van der Waals surface area contributed by atoms with Crippen LogP contribution in [0.3, 0.4) is 0 Å². The first-order chi connectivity index (χ1) is 16.7. The molecule has 1 aromatic heterocycles. The van der Waals surface area contributed by atoms with E-state index in [0.29, 0.717) is 24.5 Å². The number of methoxy groups -OCH3 is 1. The number of para-hydroxylation sites is 1. The number of hydrogen-bond donors (Lipinski definition) is 0. The molecule has 6 rings (SSSR count). The van der Waals surface area contributed by atoms with Crippen LogP contribution in [0.4, 0.5) is 0 Å². The molecule has 184 valence electrons. The third kappa shape index (κ3) is 5.02. The van der Waals surface area contributed by atoms with Gasteiger partial charge in [0.05, 0.1) is 32.8 Å². The second kappa shape index (κ2) is 10.8. The van der Waals surface area contributed by atoms with Crippen LogP contribution >= 0.6 is 0 Å². The van der Waals surface area contributed by atoms with E-state index in [1.165, 1.54) is 68.2 Å². The molecule has 0 spiro atoms. The normalized spacial score (nSPS) is 28.6. The molecule has 2 atom stereocenters. The van der Waals surface area contributed by atoms with E-state index in [9.17, 15) is 0 Å². The highest BCUT2D eigenvalue weighted by molar-refractivity contribution is 5.21. The van der Waals surface area contributed by atoms with E-state index in [4.69, 9.17) is 14.2 Å². The van der Waals surface area contributed by atoms with Gasteiger partial charge in [0.1, 0.15) is 24.0 Å². The van der Waals surface area contributed by atoms with Gasteiger partial charge >= 0.3 is 0 Å². The van der Waals surface area contributed by atoms with E-state index in [-0.39, 0.29) is 5.60 Å². The van der Waals surface area contributed by atoms with Crippen LogP contribution in [0.1, 0.15) is 50.5 Å². The topological polar surface area (TPSA) is 40.6 Å². The number of piperidine rings is 3. The summed E-state index contributed by atoms with van der Waals surface area (Å²) >= 11 is 0. The van der Waals surface area contributed by atoms with Crippen LogP contribution in [-0.2, 0) is 15.1 Å². The number of quaternary nitrogens is 1. The van der Waals surface area contributed by atoms with Gasteiger partial charge in [0.25, 0.3) is 0 Å². The highest BCUT2D eigenvalue weighted by atomic mass is 16.5. The van der Waals surface area contributed by atoms with Crippen molar-refractivity contribution in [3.8, 4) is 5.75 Å². The second-order valence-corrected chi connectivity index (χ2v) is 10.7. The standard InChI is InChI=1S/C29H41N2O3/c1-32-29(25-9-5-6-10-25,26-11-7-16-30-21-26)23-34-28-22-31(18-14-24(28)15-19-31)17-8-20-33-27-12-3-2-4-13-27/h2-4,7,11-13,16,21,24-25,28H,5-6,8-10,14-15,17-20,22-23H2,1H3/q+1. The van der Waals surface area contributed by atoms with E-state index >= 15 is 0 Å². The van der Waals surface area contributed by atoms with Gasteiger partial charge in [-0.15, -0.1) is 0 Å². The highest BCUT2D eigenvalue weighted by Gasteiger charge is 2.48. The molecule has 2 bridgehead atoms. The molecule has 1 aromatic carbocycles. The Balaban J connectivity index is 1.21. The van der Waals surface area contributed by atoms with Gasteiger partial charge in [-0.2, -0.15) is 0 Å². The van der Waals surface area contributed by atoms with Gasteiger partial charge in [-0.05, 0) is 37.0 Å². The maximum Gasteiger partial charge on any atom is 0.120 e. The molecule has 4 heterocycles. The Kier molecular flexibility index (Phi) is 7.52. The summed E-state index contributed by atoms with van der Waals surface area (Å²) < 4.78 is 20.3. The molecule has 5 nitrogen and oxygen atoms in total. The molecule has 1 saturated carbocycles. The van der Waals surface area contributed by atoms with Crippen LogP contribution in [0.15, 0.2) is 54.9 Å². The minimum Gasteiger partial charge on any atom is -0.493 e. The van der Waals surface area contributed by atoms with Gasteiger partial charge in [0, 0.05) is 50.2 Å². The Morgan fingerprint density at radius 3 is 2.50 bits per heavy atom. The average Bonchev–Trinajstić information content (AvgIpc) is 3.45. The van der Waals surface area contributed by atoms with Gasteiger partial charge in [-0.1, -0.05) is 37.1 Å². The SMILES string of the molecule is COC(COC1C[N+]2(CCCOc3ccccc3)CCC1CC2)(c1cccnc1)C1CCCC1. The van der Waals surface area contributed by atoms with E-state index in [2.05, 4.69) is 11.1 Å². The van der Waals surface area contributed by atoms with Gasteiger partial charge in [0.15, 0.2) is 0 Å². The molecule has 2 aromatic rings. The minimum atomic E-state index is -0.384. The lowest BCUT2D eigenvalue weighted by atomic mass is 9.80. The van der Waals surface area contributed by atoms with Gasteiger partial charge in [0.2, 0.25) is 0 Å². The third-order valence-electron chi connectivity index (χ3n) is 8.87. The highest BCUT2D eigenvalue weighted by Crippen LogP contribution is 2.44. The van der Waals surface area contributed by atoms with Crippen molar-refractivity contribution in [1.29, 1.82) is 0 Å². The lowest BCUT2D eigenvalue weighted by molar-refractivity contribution is -0.946. The zero-order valence-corrected chi connectivity index (χ0v) is 20.7. The zero-order valence-electron chi connectivity index (χ0n) is 20.7. The maximum absolute atomic E-state index is 6.84. The predicted octanol–water partition coefficient (Wildman–Crippen LogP) is 5.21. The molecule has 4 aliphatic rings.